The molecular weight excluding hydrogens is 258 g/mol. The van der Waals surface area contributed by atoms with Crippen LogP contribution in [0.3, 0.4) is 0 Å². The molecule has 2 aliphatic heterocycles. The highest BCUT2D eigenvalue weighted by atomic mass is 16.3. The summed E-state index contributed by atoms with van der Waals surface area (Å²) >= 11 is 0. The lowest BCUT2D eigenvalue weighted by atomic mass is 9.83. The number of aliphatic hydroxyl groups excluding tert-OH is 1. The number of nitrogens with zero attached hydrogens (tertiary/aromatic N) is 2. The molecule has 2 amide bonds. The monoisotopic (exact) mass is 283 g/mol. The van der Waals surface area contributed by atoms with Crippen LogP contribution in [0.25, 0.3) is 0 Å². The third kappa shape index (κ3) is 2.31. The van der Waals surface area contributed by atoms with E-state index in [1.54, 1.807) is 0 Å². The van der Waals surface area contributed by atoms with Crippen LogP contribution in [0.15, 0.2) is 0 Å². The standard InChI is InChI=1S/C14H25N3O3/c1-9(2)7-16-6-4-5-14(16)8-17(13(14)20)11(10(3)18)12(15)19/h9-11,18H,4-8H2,1-3H3,(H2,15,19)/t10?,11?,14-/m1/s1. The Morgan fingerprint density at radius 2 is 2.10 bits per heavy atom. The average Bonchev–Trinajstić information content (AvgIpc) is 2.72. The van der Waals surface area contributed by atoms with Gasteiger partial charge in [-0.2, -0.15) is 0 Å². The number of hydrogen-bond donors (Lipinski definition) is 2. The van der Waals surface area contributed by atoms with Gasteiger partial charge in [-0.05, 0) is 32.2 Å². The zero-order chi connectivity index (χ0) is 15.1. The number of likely N-dealkylation sites (tertiary alicyclic amines) is 2. The maximum Gasteiger partial charge on any atom is 0.245 e. The highest BCUT2D eigenvalue weighted by molar-refractivity contribution is 5.97. The number of β-lactam (4-membered cyclic amide) rings is 1. The summed E-state index contributed by atoms with van der Waals surface area (Å²) in [5, 5.41) is 9.67. The Kier molecular flexibility index (Phi) is 4.07. The third-order valence-electron chi connectivity index (χ3n) is 4.38. The SMILES string of the molecule is CC(C)CN1CCC[C@]12CN(C(C(N)=O)C(C)O)C2=O. The van der Waals surface area contributed by atoms with Crippen molar-refractivity contribution in [3.05, 3.63) is 0 Å². The number of amides is 2. The van der Waals surface area contributed by atoms with Crippen molar-refractivity contribution in [3.8, 4) is 0 Å². The van der Waals surface area contributed by atoms with Crippen LogP contribution >= 0.6 is 0 Å². The summed E-state index contributed by atoms with van der Waals surface area (Å²) in [4.78, 5) is 27.7. The summed E-state index contributed by atoms with van der Waals surface area (Å²) in [6, 6.07) is -0.908. The lowest BCUT2D eigenvalue weighted by Crippen LogP contribution is -2.76. The van der Waals surface area contributed by atoms with Crippen molar-refractivity contribution < 1.29 is 14.7 Å². The number of nitrogens with two attached hydrogens (primary N) is 1. The van der Waals surface area contributed by atoms with Crippen LogP contribution in [0.4, 0.5) is 0 Å². The van der Waals surface area contributed by atoms with Crippen LogP contribution in [0.5, 0.6) is 0 Å². The quantitative estimate of drug-likeness (QED) is 0.669. The van der Waals surface area contributed by atoms with Gasteiger partial charge in [0, 0.05) is 13.1 Å². The Labute approximate surface area is 119 Å². The van der Waals surface area contributed by atoms with Gasteiger partial charge < -0.3 is 15.7 Å². The molecule has 3 N–H and O–H groups in total. The number of rotatable bonds is 5. The lowest BCUT2D eigenvalue weighted by molar-refractivity contribution is -0.172. The summed E-state index contributed by atoms with van der Waals surface area (Å²) in [5.74, 6) is -0.201. The highest BCUT2D eigenvalue weighted by Crippen LogP contribution is 2.40. The summed E-state index contributed by atoms with van der Waals surface area (Å²) in [6.07, 6.45) is 0.900. The molecule has 0 saturated carbocycles. The van der Waals surface area contributed by atoms with Gasteiger partial charge >= 0.3 is 0 Å². The van der Waals surface area contributed by atoms with Crippen molar-refractivity contribution in [3.63, 3.8) is 0 Å². The number of aliphatic hydroxyl groups is 1. The van der Waals surface area contributed by atoms with Gasteiger partial charge in [0.2, 0.25) is 11.8 Å². The minimum absolute atomic E-state index is 0.0552. The number of carbonyl (C=O) groups is 2. The number of carbonyl (C=O) groups excluding carboxylic acids is 2. The van der Waals surface area contributed by atoms with Crippen molar-refractivity contribution >= 4 is 11.8 Å². The maximum atomic E-state index is 12.6. The van der Waals surface area contributed by atoms with Gasteiger partial charge in [0.15, 0.2) is 0 Å². The molecule has 20 heavy (non-hydrogen) atoms. The van der Waals surface area contributed by atoms with Crippen molar-refractivity contribution in [2.75, 3.05) is 19.6 Å². The predicted octanol–water partition coefficient (Wildman–Crippen LogP) is -0.446. The largest absolute Gasteiger partial charge is 0.391 e. The molecule has 0 bridgehead atoms. The molecule has 2 rings (SSSR count). The van der Waals surface area contributed by atoms with Gasteiger partial charge in [-0.25, -0.2) is 0 Å². The zero-order valence-corrected chi connectivity index (χ0v) is 12.5. The fourth-order valence-electron chi connectivity index (χ4n) is 3.54. The van der Waals surface area contributed by atoms with Gasteiger partial charge in [-0.15, -0.1) is 0 Å². The van der Waals surface area contributed by atoms with Gasteiger partial charge in [-0.1, -0.05) is 13.8 Å². The van der Waals surface area contributed by atoms with E-state index in [4.69, 9.17) is 5.73 Å². The van der Waals surface area contributed by atoms with E-state index in [9.17, 15) is 14.7 Å². The van der Waals surface area contributed by atoms with Crippen molar-refractivity contribution in [2.45, 2.75) is 51.3 Å². The van der Waals surface area contributed by atoms with E-state index in [0.29, 0.717) is 12.5 Å². The maximum absolute atomic E-state index is 12.6. The molecule has 2 heterocycles. The lowest BCUT2D eigenvalue weighted by Gasteiger charge is -2.54. The van der Waals surface area contributed by atoms with Crippen LogP contribution in [0.2, 0.25) is 0 Å². The molecule has 0 aromatic carbocycles. The molecule has 2 unspecified atom stereocenters. The summed E-state index contributed by atoms with van der Waals surface area (Å²) < 4.78 is 0. The van der Waals surface area contributed by atoms with Gasteiger partial charge in [0.05, 0.1) is 6.10 Å². The molecule has 0 aliphatic carbocycles. The molecule has 0 radical (unpaired) electrons. The van der Waals surface area contributed by atoms with E-state index in [2.05, 4.69) is 18.7 Å². The van der Waals surface area contributed by atoms with E-state index in [0.717, 1.165) is 25.9 Å². The first-order chi connectivity index (χ1) is 9.29. The first kappa shape index (κ1) is 15.3. The minimum atomic E-state index is -0.936. The highest BCUT2D eigenvalue weighted by Gasteiger charge is 2.60. The van der Waals surface area contributed by atoms with E-state index in [1.165, 1.54) is 11.8 Å². The molecule has 6 heteroatoms. The summed E-state index contributed by atoms with van der Waals surface area (Å²) in [6.45, 7) is 8.07. The van der Waals surface area contributed by atoms with Crippen LogP contribution in [0, 0.1) is 5.92 Å². The Morgan fingerprint density at radius 3 is 2.55 bits per heavy atom. The summed E-state index contributed by atoms with van der Waals surface area (Å²) in [7, 11) is 0. The molecule has 2 fully saturated rings. The predicted molar refractivity (Wildman–Crippen MR) is 74.8 cm³/mol. The average molecular weight is 283 g/mol. The Hall–Kier alpha value is -1.14. The minimum Gasteiger partial charge on any atom is -0.391 e. The van der Waals surface area contributed by atoms with E-state index in [-0.39, 0.29) is 5.91 Å². The van der Waals surface area contributed by atoms with Gasteiger partial charge in [0.25, 0.3) is 0 Å². The fraction of sp³-hybridized carbons (Fsp3) is 0.857. The first-order valence-electron chi connectivity index (χ1n) is 7.33. The molecule has 0 aromatic rings. The third-order valence-corrected chi connectivity index (χ3v) is 4.38. The summed E-state index contributed by atoms with van der Waals surface area (Å²) in [5.41, 5.74) is 4.85. The second-order valence-corrected chi connectivity index (χ2v) is 6.50. The molecular formula is C14H25N3O3. The number of hydrogen-bond acceptors (Lipinski definition) is 4. The normalized spacial score (nSPS) is 29.9. The van der Waals surface area contributed by atoms with Crippen molar-refractivity contribution in [2.24, 2.45) is 11.7 Å². The zero-order valence-electron chi connectivity index (χ0n) is 12.5. The van der Waals surface area contributed by atoms with Gasteiger partial charge in [-0.3, -0.25) is 14.5 Å². The van der Waals surface area contributed by atoms with Crippen LogP contribution in [-0.2, 0) is 9.59 Å². The second-order valence-electron chi connectivity index (χ2n) is 6.50. The van der Waals surface area contributed by atoms with Crippen LogP contribution in [0.1, 0.15) is 33.6 Å². The molecule has 2 aliphatic rings. The molecule has 1 spiro atoms. The molecule has 114 valence electrons. The Morgan fingerprint density at radius 1 is 1.45 bits per heavy atom. The fourth-order valence-corrected chi connectivity index (χ4v) is 3.54. The molecule has 0 aromatic heterocycles. The van der Waals surface area contributed by atoms with Crippen molar-refractivity contribution in [1.29, 1.82) is 0 Å². The first-order valence-corrected chi connectivity index (χ1v) is 7.33. The topological polar surface area (TPSA) is 86.9 Å². The smallest absolute Gasteiger partial charge is 0.245 e. The molecule has 6 nitrogen and oxygen atoms in total. The Bertz CT molecular complexity index is 410. The second kappa shape index (κ2) is 5.33. The van der Waals surface area contributed by atoms with E-state index in [1.807, 2.05) is 0 Å². The van der Waals surface area contributed by atoms with Crippen LogP contribution < -0.4 is 5.73 Å². The van der Waals surface area contributed by atoms with Gasteiger partial charge in [0.1, 0.15) is 11.6 Å². The van der Waals surface area contributed by atoms with Crippen molar-refractivity contribution in [1.82, 2.24) is 9.80 Å². The number of primary amides is 1. The van der Waals surface area contributed by atoms with Crippen LogP contribution in [-0.4, -0.2) is 64.0 Å². The van der Waals surface area contributed by atoms with E-state index >= 15 is 0 Å². The molecule has 2 saturated heterocycles. The molecule has 3 atom stereocenters. The van der Waals surface area contributed by atoms with E-state index < -0.39 is 23.6 Å². The Balaban J connectivity index is 2.12.